The summed E-state index contributed by atoms with van der Waals surface area (Å²) in [6, 6.07) is 13.4. The number of anilines is 1. The molecule has 0 atom stereocenters. The van der Waals surface area contributed by atoms with E-state index in [0.29, 0.717) is 31.5 Å². The average Bonchev–Trinajstić information content (AvgIpc) is 3.04. The van der Waals surface area contributed by atoms with Gasteiger partial charge in [0.15, 0.2) is 0 Å². The number of urea groups is 1. The van der Waals surface area contributed by atoms with Crippen molar-refractivity contribution in [1.82, 2.24) is 10.2 Å². The fourth-order valence-corrected chi connectivity index (χ4v) is 4.07. The Morgan fingerprint density at radius 1 is 1.21 bits per heavy atom. The van der Waals surface area contributed by atoms with Gasteiger partial charge in [0.1, 0.15) is 17.2 Å². The quantitative estimate of drug-likeness (QED) is 0.758. The van der Waals surface area contributed by atoms with Crippen molar-refractivity contribution in [2.24, 2.45) is 4.99 Å². The van der Waals surface area contributed by atoms with Gasteiger partial charge in [-0.15, -0.1) is 11.8 Å². The lowest BCUT2D eigenvalue weighted by atomic mass is 9.98. The maximum Gasteiger partial charge on any atom is 0.321 e. The van der Waals surface area contributed by atoms with Crippen molar-refractivity contribution in [3.63, 3.8) is 0 Å². The molecule has 1 fully saturated rings. The third kappa shape index (κ3) is 4.12. The Hall–Kier alpha value is -2.87. The van der Waals surface area contributed by atoms with Crippen LogP contribution >= 0.6 is 11.8 Å². The highest BCUT2D eigenvalue weighted by Gasteiger charge is 2.42. The van der Waals surface area contributed by atoms with Crippen LogP contribution in [0.15, 0.2) is 58.4 Å². The molecule has 0 bridgehead atoms. The van der Waals surface area contributed by atoms with Crippen LogP contribution in [0.1, 0.15) is 18.4 Å². The maximum atomic E-state index is 13.5. The number of benzene rings is 2. The van der Waals surface area contributed by atoms with Crippen molar-refractivity contribution < 1.29 is 14.0 Å². The van der Waals surface area contributed by atoms with Crippen molar-refractivity contribution in [1.29, 1.82) is 0 Å². The van der Waals surface area contributed by atoms with Crippen molar-refractivity contribution in [3.8, 4) is 0 Å². The zero-order valence-electron chi connectivity index (χ0n) is 15.9. The van der Waals surface area contributed by atoms with E-state index in [2.05, 4.69) is 15.6 Å². The zero-order chi connectivity index (χ0) is 20.4. The van der Waals surface area contributed by atoms with Gasteiger partial charge in [-0.3, -0.25) is 9.79 Å². The van der Waals surface area contributed by atoms with E-state index < -0.39 is 11.5 Å². The molecule has 2 aromatic rings. The van der Waals surface area contributed by atoms with E-state index in [1.807, 2.05) is 30.5 Å². The van der Waals surface area contributed by atoms with Gasteiger partial charge in [-0.25, -0.2) is 9.18 Å². The molecule has 2 heterocycles. The number of carbonyl (C=O) groups is 2. The summed E-state index contributed by atoms with van der Waals surface area (Å²) in [5.74, 6) is -0.710. The molecule has 1 saturated heterocycles. The van der Waals surface area contributed by atoms with Gasteiger partial charge in [0, 0.05) is 42.1 Å². The zero-order valence-corrected chi connectivity index (χ0v) is 16.8. The highest BCUT2D eigenvalue weighted by molar-refractivity contribution is 7.98. The summed E-state index contributed by atoms with van der Waals surface area (Å²) in [5, 5.41) is 5.86. The van der Waals surface area contributed by atoms with Crippen LogP contribution in [0.25, 0.3) is 0 Å². The van der Waals surface area contributed by atoms with E-state index in [4.69, 9.17) is 0 Å². The Morgan fingerprint density at radius 3 is 2.69 bits per heavy atom. The molecular formula is C21H21FN4O2S. The normalized spacial score (nSPS) is 17.8. The minimum absolute atomic E-state index is 0.170. The molecule has 4 rings (SSSR count). The number of piperidine rings is 1. The van der Waals surface area contributed by atoms with Crippen LogP contribution in [0.4, 0.5) is 14.9 Å². The minimum atomic E-state index is -0.728. The molecule has 29 heavy (non-hydrogen) atoms. The Kier molecular flexibility index (Phi) is 5.27. The monoisotopic (exact) mass is 412 g/mol. The van der Waals surface area contributed by atoms with Gasteiger partial charge in [-0.2, -0.15) is 0 Å². The number of nitrogens with zero attached hydrogens (tertiary/aromatic N) is 2. The number of likely N-dealkylation sites (tertiary alicyclic amines) is 1. The number of nitrogens with one attached hydrogen (secondary N) is 2. The molecule has 0 unspecified atom stereocenters. The van der Waals surface area contributed by atoms with Gasteiger partial charge in [-0.1, -0.05) is 18.2 Å². The summed E-state index contributed by atoms with van der Waals surface area (Å²) in [7, 11) is 0. The standard InChI is InChI=1S/C21H21FN4O2S/c1-29-17-7-3-6-16(13-17)23-20(28)26-10-8-21(9-11-26)24-18(19(27)25-21)14-4-2-5-15(22)12-14/h2-7,12-13H,8-11H2,1H3,(H,23,28)(H,25,27). The average molecular weight is 412 g/mol. The second-order valence-electron chi connectivity index (χ2n) is 7.11. The summed E-state index contributed by atoms with van der Waals surface area (Å²) in [6.07, 6.45) is 3.01. The van der Waals surface area contributed by atoms with Gasteiger partial charge < -0.3 is 15.5 Å². The minimum Gasteiger partial charge on any atom is -0.326 e. The fraction of sp³-hybridized carbons (Fsp3) is 0.286. The number of rotatable bonds is 3. The first-order valence-corrected chi connectivity index (χ1v) is 10.6. The largest absolute Gasteiger partial charge is 0.326 e. The molecule has 0 saturated carbocycles. The smallest absolute Gasteiger partial charge is 0.321 e. The lowest BCUT2D eigenvalue weighted by Crippen LogP contribution is -2.53. The summed E-state index contributed by atoms with van der Waals surface area (Å²) in [6.45, 7) is 0.933. The van der Waals surface area contributed by atoms with Crippen LogP contribution in [-0.2, 0) is 4.79 Å². The molecular weight excluding hydrogens is 391 g/mol. The van der Waals surface area contributed by atoms with Crippen LogP contribution in [0, 0.1) is 5.82 Å². The van der Waals surface area contributed by atoms with E-state index in [1.165, 1.54) is 12.1 Å². The van der Waals surface area contributed by atoms with Crippen LogP contribution in [0.5, 0.6) is 0 Å². The summed E-state index contributed by atoms with van der Waals surface area (Å²) < 4.78 is 13.5. The molecule has 2 aliphatic heterocycles. The van der Waals surface area contributed by atoms with E-state index in [-0.39, 0.29) is 17.6 Å². The molecule has 0 aliphatic carbocycles. The summed E-state index contributed by atoms with van der Waals surface area (Å²) >= 11 is 1.61. The number of aliphatic imine (C=N–C) groups is 1. The number of halogens is 1. The Morgan fingerprint density at radius 2 is 1.97 bits per heavy atom. The van der Waals surface area contributed by atoms with E-state index in [0.717, 1.165) is 10.6 Å². The Bertz CT molecular complexity index is 986. The van der Waals surface area contributed by atoms with Crippen LogP contribution in [-0.4, -0.2) is 47.6 Å². The molecule has 6 nitrogen and oxygen atoms in total. The Labute approximate surface area is 172 Å². The molecule has 8 heteroatoms. The van der Waals surface area contributed by atoms with Gasteiger partial charge >= 0.3 is 6.03 Å². The van der Waals surface area contributed by atoms with Crippen LogP contribution in [0.2, 0.25) is 0 Å². The van der Waals surface area contributed by atoms with E-state index >= 15 is 0 Å². The maximum absolute atomic E-state index is 13.5. The van der Waals surface area contributed by atoms with Gasteiger partial charge in [0.05, 0.1) is 0 Å². The number of hydrogen-bond acceptors (Lipinski definition) is 4. The number of amides is 3. The van der Waals surface area contributed by atoms with Crippen molar-refractivity contribution >= 4 is 35.1 Å². The lowest BCUT2D eigenvalue weighted by Gasteiger charge is -2.37. The second-order valence-corrected chi connectivity index (χ2v) is 7.99. The number of carbonyl (C=O) groups excluding carboxylic acids is 2. The third-order valence-corrected chi connectivity index (χ3v) is 5.91. The number of hydrogen-bond donors (Lipinski definition) is 2. The molecule has 0 radical (unpaired) electrons. The van der Waals surface area contributed by atoms with Crippen molar-refractivity contribution in [2.75, 3.05) is 24.7 Å². The summed E-state index contributed by atoms with van der Waals surface area (Å²) in [5.41, 5.74) is 0.737. The highest BCUT2D eigenvalue weighted by Crippen LogP contribution is 2.29. The van der Waals surface area contributed by atoms with Crippen molar-refractivity contribution in [2.45, 2.75) is 23.4 Å². The predicted octanol–water partition coefficient (Wildman–Crippen LogP) is 3.49. The molecule has 2 N–H and O–H groups in total. The predicted molar refractivity (Wildman–Crippen MR) is 112 cm³/mol. The number of thioether (sulfide) groups is 1. The molecule has 150 valence electrons. The van der Waals surface area contributed by atoms with E-state index in [1.54, 1.807) is 28.8 Å². The lowest BCUT2D eigenvalue weighted by molar-refractivity contribution is -0.115. The molecule has 3 amide bonds. The molecule has 0 aromatic heterocycles. The van der Waals surface area contributed by atoms with Gasteiger partial charge in [0.25, 0.3) is 5.91 Å². The Balaban J connectivity index is 1.42. The topological polar surface area (TPSA) is 73.8 Å². The third-order valence-electron chi connectivity index (χ3n) is 5.18. The highest BCUT2D eigenvalue weighted by atomic mass is 32.2. The van der Waals surface area contributed by atoms with E-state index in [9.17, 15) is 14.0 Å². The van der Waals surface area contributed by atoms with Gasteiger partial charge in [-0.05, 0) is 36.6 Å². The van der Waals surface area contributed by atoms with Crippen LogP contribution < -0.4 is 10.6 Å². The van der Waals surface area contributed by atoms with Gasteiger partial charge in [0.2, 0.25) is 0 Å². The first-order valence-electron chi connectivity index (χ1n) is 9.36. The molecule has 2 aromatic carbocycles. The molecule has 1 spiro atoms. The SMILES string of the molecule is CSc1cccc(NC(=O)N2CCC3(CC2)N=C(c2cccc(F)c2)C(=O)N3)c1. The van der Waals surface area contributed by atoms with Crippen molar-refractivity contribution in [3.05, 3.63) is 59.9 Å². The first kappa shape index (κ1) is 19.4. The fourth-order valence-electron chi connectivity index (χ4n) is 3.61. The summed E-state index contributed by atoms with van der Waals surface area (Å²) in [4.78, 5) is 32.4. The molecule has 2 aliphatic rings. The second kappa shape index (κ2) is 7.87. The first-order chi connectivity index (χ1) is 14.0. The van der Waals surface area contributed by atoms with Crippen LogP contribution in [0.3, 0.4) is 0 Å².